The van der Waals surface area contributed by atoms with E-state index in [1.54, 1.807) is 11.1 Å². The van der Waals surface area contributed by atoms with Gasteiger partial charge in [0.05, 0.1) is 5.69 Å². The molecule has 0 spiro atoms. The van der Waals surface area contributed by atoms with Crippen molar-refractivity contribution in [3.8, 4) is 0 Å². The molecular weight excluding hydrogens is 461 g/mol. The lowest BCUT2D eigenvalue weighted by atomic mass is 10.0. The molecule has 1 fully saturated rings. The minimum atomic E-state index is 0. The van der Waals surface area contributed by atoms with E-state index >= 15 is 0 Å². The van der Waals surface area contributed by atoms with Crippen molar-refractivity contribution >= 4 is 29.9 Å². The second-order valence-electron chi connectivity index (χ2n) is 8.23. The van der Waals surface area contributed by atoms with Gasteiger partial charge in [0.2, 0.25) is 0 Å². The summed E-state index contributed by atoms with van der Waals surface area (Å²) in [6, 6.07) is 9.24. The van der Waals surface area contributed by atoms with Gasteiger partial charge in [-0.3, -0.25) is 9.67 Å². The number of rotatable bonds is 5. The van der Waals surface area contributed by atoms with Crippen LogP contribution >= 0.6 is 24.0 Å². The highest BCUT2D eigenvalue weighted by Gasteiger charge is 2.54. The molecule has 28 heavy (non-hydrogen) atoms. The van der Waals surface area contributed by atoms with Crippen LogP contribution in [-0.2, 0) is 19.9 Å². The first kappa shape index (κ1) is 21.1. The van der Waals surface area contributed by atoms with Gasteiger partial charge in [-0.15, -0.1) is 24.0 Å². The van der Waals surface area contributed by atoms with Crippen molar-refractivity contribution in [3.05, 3.63) is 52.3 Å². The quantitative estimate of drug-likeness (QED) is 0.382. The minimum absolute atomic E-state index is 0. The first-order valence-electron chi connectivity index (χ1n) is 10.0. The fraction of sp³-hybridized carbons (Fsp3) is 0.545. The zero-order valence-corrected chi connectivity index (χ0v) is 19.8. The Morgan fingerprint density at radius 2 is 2.07 bits per heavy atom. The molecule has 0 saturated heterocycles. The van der Waals surface area contributed by atoms with Crippen LogP contribution in [0.15, 0.2) is 29.3 Å². The molecule has 4 rings (SSSR count). The van der Waals surface area contributed by atoms with Gasteiger partial charge < -0.3 is 10.6 Å². The number of halogens is 1. The van der Waals surface area contributed by atoms with E-state index in [9.17, 15) is 0 Å². The highest BCUT2D eigenvalue weighted by molar-refractivity contribution is 14.0. The number of hydrogen-bond donors (Lipinski definition) is 2. The van der Waals surface area contributed by atoms with Crippen LogP contribution in [0.25, 0.3) is 0 Å². The molecule has 2 aliphatic rings. The van der Waals surface area contributed by atoms with Crippen LogP contribution in [0, 0.1) is 25.7 Å². The average Bonchev–Trinajstić information content (AvgIpc) is 3.09. The Balaban J connectivity index is 0.00000225. The molecule has 6 heteroatoms. The maximum atomic E-state index is 4.52. The smallest absolute Gasteiger partial charge is 0.191 e. The summed E-state index contributed by atoms with van der Waals surface area (Å²) < 4.78 is 1.97. The van der Waals surface area contributed by atoms with Gasteiger partial charge in [0, 0.05) is 32.4 Å². The first-order chi connectivity index (χ1) is 13.0. The fourth-order valence-corrected chi connectivity index (χ4v) is 4.87. The molecular formula is C22H32IN5. The summed E-state index contributed by atoms with van der Waals surface area (Å²) >= 11 is 0. The van der Waals surface area contributed by atoms with E-state index in [4.69, 9.17) is 0 Å². The van der Waals surface area contributed by atoms with Gasteiger partial charge in [0.1, 0.15) is 0 Å². The maximum Gasteiger partial charge on any atom is 0.191 e. The number of aromatic nitrogens is 2. The number of nitrogens with zero attached hydrogens (tertiary/aromatic N) is 3. The number of nitrogens with one attached hydrogen (secondary N) is 2. The highest BCUT2D eigenvalue weighted by atomic mass is 127. The molecule has 0 aliphatic heterocycles. The lowest BCUT2D eigenvalue weighted by Crippen LogP contribution is -2.44. The van der Waals surface area contributed by atoms with Crippen molar-refractivity contribution in [1.82, 2.24) is 20.4 Å². The first-order valence-corrected chi connectivity index (χ1v) is 10.0. The van der Waals surface area contributed by atoms with E-state index in [1.807, 2.05) is 18.8 Å². The maximum absolute atomic E-state index is 4.52. The predicted molar refractivity (Wildman–Crippen MR) is 126 cm³/mol. The van der Waals surface area contributed by atoms with Crippen molar-refractivity contribution < 1.29 is 0 Å². The third-order valence-electron chi connectivity index (χ3n) is 6.48. The second kappa shape index (κ2) is 8.43. The predicted octanol–water partition coefficient (Wildman–Crippen LogP) is 3.34. The summed E-state index contributed by atoms with van der Waals surface area (Å²) in [6.07, 6.45) is 2.20. The molecule has 2 aromatic rings. The summed E-state index contributed by atoms with van der Waals surface area (Å²) in [6.45, 7) is 7.44. The topological polar surface area (TPSA) is 54.2 Å². The summed E-state index contributed by atoms with van der Waals surface area (Å²) in [5.74, 6) is 3.23. The van der Waals surface area contributed by atoms with Gasteiger partial charge in [-0.1, -0.05) is 24.3 Å². The van der Waals surface area contributed by atoms with Crippen LogP contribution < -0.4 is 10.6 Å². The number of hydrogen-bond acceptors (Lipinski definition) is 2. The van der Waals surface area contributed by atoms with Gasteiger partial charge in [-0.25, -0.2) is 0 Å². The van der Waals surface area contributed by atoms with E-state index in [0.29, 0.717) is 6.04 Å². The average molecular weight is 493 g/mol. The van der Waals surface area contributed by atoms with Crippen LogP contribution in [0.1, 0.15) is 40.9 Å². The van der Waals surface area contributed by atoms with Crippen LogP contribution in [0.2, 0.25) is 0 Å². The van der Waals surface area contributed by atoms with Crippen molar-refractivity contribution in [2.24, 2.45) is 23.9 Å². The highest BCUT2D eigenvalue weighted by Crippen LogP contribution is 2.60. The SMILES string of the molecule is CN=C(NCC1C2Cc3ccccc3C12)NC(C)Cc1c(C)nn(C)c1C.I. The molecule has 0 amide bonds. The molecule has 0 radical (unpaired) electrons. The van der Waals surface area contributed by atoms with E-state index in [2.05, 4.69) is 65.8 Å². The van der Waals surface area contributed by atoms with Gasteiger partial charge in [0.15, 0.2) is 5.96 Å². The number of aliphatic imine (C=N–C) groups is 1. The van der Waals surface area contributed by atoms with E-state index in [0.717, 1.165) is 42.4 Å². The van der Waals surface area contributed by atoms with Crippen molar-refractivity contribution in [2.75, 3.05) is 13.6 Å². The van der Waals surface area contributed by atoms with E-state index in [1.165, 1.54) is 17.7 Å². The lowest BCUT2D eigenvalue weighted by molar-refractivity contribution is 0.613. The summed E-state index contributed by atoms with van der Waals surface area (Å²) in [5.41, 5.74) is 6.83. The number of fused-ring (bicyclic) bond motifs is 3. The van der Waals surface area contributed by atoms with Crippen molar-refractivity contribution in [3.63, 3.8) is 0 Å². The van der Waals surface area contributed by atoms with E-state index < -0.39 is 0 Å². The van der Waals surface area contributed by atoms with E-state index in [-0.39, 0.29) is 24.0 Å². The fourth-order valence-electron chi connectivity index (χ4n) is 4.87. The van der Waals surface area contributed by atoms with Crippen LogP contribution in [0.4, 0.5) is 0 Å². The largest absolute Gasteiger partial charge is 0.356 e. The molecule has 5 nitrogen and oxygen atoms in total. The molecule has 1 aromatic heterocycles. The molecule has 2 aliphatic carbocycles. The number of aryl methyl sites for hydroxylation is 2. The molecule has 4 atom stereocenters. The Labute approximate surface area is 185 Å². The van der Waals surface area contributed by atoms with Crippen LogP contribution in [-0.4, -0.2) is 35.4 Å². The number of benzene rings is 1. The molecule has 1 saturated carbocycles. The Morgan fingerprint density at radius 1 is 1.32 bits per heavy atom. The van der Waals surface area contributed by atoms with Crippen molar-refractivity contribution in [1.29, 1.82) is 0 Å². The Bertz CT molecular complexity index is 872. The lowest BCUT2D eigenvalue weighted by Gasteiger charge is -2.19. The second-order valence-corrected chi connectivity index (χ2v) is 8.23. The zero-order valence-electron chi connectivity index (χ0n) is 17.5. The zero-order chi connectivity index (χ0) is 19.1. The molecule has 1 heterocycles. The molecule has 152 valence electrons. The Kier molecular flexibility index (Phi) is 6.37. The van der Waals surface area contributed by atoms with Gasteiger partial charge in [-0.2, -0.15) is 5.10 Å². The summed E-state index contributed by atoms with van der Waals surface area (Å²) in [5, 5.41) is 11.6. The third kappa shape index (κ3) is 3.93. The van der Waals surface area contributed by atoms with Crippen LogP contribution in [0.5, 0.6) is 0 Å². The number of guanidine groups is 1. The normalized spacial score (nSPS) is 23.5. The standard InChI is InChI=1S/C22H31N5.HI/c1-13(10-18-14(2)26-27(5)15(18)3)25-22(23-4)24-12-20-19-11-16-8-6-7-9-17(16)21(19)20;/h6-9,13,19-21H,10-12H2,1-5H3,(H2,23,24,25);1H. The minimum Gasteiger partial charge on any atom is -0.356 e. The van der Waals surface area contributed by atoms with Crippen molar-refractivity contribution in [2.45, 2.75) is 45.6 Å². The monoisotopic (exact) mass is 493 g/mol. The molecule has 4 unspecified atom stereocenters. The third-order valence-corrected chi connectivity index (χ3v) is 6.48. The summed E-state index contributed by atoms with van der Waals surface area (Å²) in [7, 11) is 3.86. The molecule has 0 bridgehead atoms. The summed E-state index contributed by atoms with van der Waals surface area (Å²) in [4.78, 5) is 4.43. The van der Waals surface area contributed by atoms with Gasteiger partial charge in [0.25, 0.3) is 0 Å². The van der Waals surface area contributed by atoms with Gasteiger partial charge in [-0.05, 0) is 68.1 Å². The Hall–Kier alpha value is -1.57. The molecule has 2 N–H and O–H groups in total. The Morgan fingerprint density at radius 3 is 2.75 bits per heavy atom. The van der Waals surface area contributed by atoms with Crippen LogP contribution in [0.3, 0.4) is 0 Å². The molecule has 1 aromatic carbocycles. The van der Waals surface area contributed by atoms with Gasteiger partial charge >= 0.3 is 0 Å².